The van der Waals surface area contributed by atoms with Crippen molar-refractivity contribution in [1.82, 2.24) is 24.8 Å². The number of anilines is 4. The fourth-order valence-electron chi connectivity index (χ4n) is 5.58. The molecule has 42 heavy (non-hydrogen) atoms. The van der Waals surface area contributed by atoms with Crippen molar-refractivity contribution < 1.29 is 9.47 Å². The highest BCUT2D eigenvalue weighted by Gasteiger charge is 2.13. The Bertz CT molecular complexity index is 1670. The zero-order valence-electron chi connectivity index (χ0n) is 23.5. The maximum Gasteiger partial charge on any atom is 0.141 e. The molecule has 2 N–H and O–H groups in total. The third kappa shape index (κ3) is 5.82. The lowest BCUT2D eigenvalue weighted by Gasteiger charge is -2.28. The van der Waals surface area contributed by atoms with Crippen molar-refractivity contribution >= 4 is 44.8 Å². The van der Waals surface area contributed by atoms with Crippen LogP contribution in [0, 0.1) is 0 Å². The maximum absolute atomic E-state index is 5.49. The van der Waals surface area contributed by atoms with Crippen molar-refractivity contribution in [2.45, 2.75) is 0 Å². The largest absolute Gasteiger partial charge is 0.379 e. The van der Waals surface area contributed by atoms with Gasteiger partial charge in [0.1, 0.15) is 24.3 Å². The molecule has 5 aromatic rings. The quantitative estimate of drug-likeness (QED) is 0.280. The van der Waals surface area contributed by atoms with Crippen LogP contribution in [0.3, 0.4) is 0 Å². The van der Waals surface area contributed by atoms with E-state index < -0.39 is 0 Å². The Morgan fingerprint density at radius 2 is 1.24 bits per heavy atom. The molecule has 4 heterocycles. The van der Waals surface area contributed by atoms with Gasteiger partial charge in [0, 0.05) is 61.4 Å². The predicted octanol–water partition coefficient (Wildman–Crippen LogP) is 4.56. The molecule has 3 aromatic carbocycles. The van der Waals surface area contributed by atoms with Crippen molar-refractivity contribution in [3.8, 4) is 11.1 Å². The summed E-state index contributed by atoms with van der Waals surface area (Å²) in [6.45, 7) is 8.68. The van der Waals surface area contributed by atoms with Crippen LogP contribution >= 0.6 is 0 Å². The van der Waals surface area contributed by atoms with E-state index in [-0.39, 0.29) is 0 Å². The van der Waals surface area contributed by atoms with Crippen LogP contribution in [0.2, 0.25) is 0 Å². The van der Waals surface area contributed by atoms with E-state index in [1.54, 1.807) is 12.7 Å². The SMILES string of the molecule is c1nc(NCCN2CCOCC2)c2cc(-c3ccc4ncnc(Nc5ccc(N6CCOCC6)cc5)c4c3)ccc2n1. The van der Waals surface area contributed by atoms with Gasteiger partial charge in [-0.3, -0.25) is 4.90 Å². The van der Waals surface area contributed by atoms with Crippen LogP contribution in [0.15, 0.2) is 73.3 Å². The van der Waals surface area contributed by atoms with Crippen molar-refractivity contribution in [1.29, 1.82) is 0 Å². The van der Waals surface area contributed by atoms with Crippen LogP contribution < -0.4 is 15.5 Å². The summed E-state index contributed by atoms with van der Waals surface area (Å²) in [7, 11) is 0. The number of aromatic nitrogens is 4. The van der Waals surface area contributed by atoms with Crippen LogP contribution in [-0.2, 0) is 9.47 Å². The molecule has 2 saturated heterocycles. The Kier molecular flexibility index (Phi) is 7.72. The Balaban J connectivity index is 1.13. The van der Waals surface area contributed by atoms with Crippen LogP contribution in [-0.4, -0.2) is 90.5 Å². The molecule has 2 aliphatic heterocycles. The lowest BCUT2D eigenvalue weighted by molar-refractivity contribution is 0.0398. The Labute approximate surface area is 244 Å². The van der Waals surface area contributed by atoms with Crippen molar-refractivity contribution in [2.24, 2.45) is 0 Å². The fourth-order valence-corrected chi connectivity index (χ4v) is 5.58. The summed E-state index contributed by atoms with van der Waals surface area (Å²) in [5.74, 6) is 1.62. The number of nitrogens with zero attached hydrogens (tertiary/aromatic N) is 6. The molecule has 0 spiro atoms. The molecule has 10 nitrogen and oxygen atoms in total. The second kappa shape index (κ2) is 12.2. The zero-order valence-corrected chi connectivity index (χ0v) is 23.5. The number of nitrogens with one attached hydrogen (secondary N) is 2. The summed E-state index contributed by atoms with van der Waals surface area (Å²) in [6, 6.07) is 21.1. The topological polar surface area (TPSA) is 101 Å². The second-order valence-corrected chi connectivity index (χ2v) is 10.6. The number of hydrogen-bond acceptors (Lipinski definition) is 10. The standard InChI is InChI=1S/C32H34N8O2/c1-7-29-27(31(36-21-34-29)33-9-10-39-11-15-41-16-12-39)19-23(1)24-2-8-30-28(20-24)32(37-22-35-30)38-25-3-5-26(6-4-25)40-13-17-42-18-14-40/h1-8,19-22H,9-18H2,(H,33,34,36)(H,35,37,38). The minimum Gasteiger partial charge on any atom is -0.379 e. The van der Waals surface area contributed by atoms with Crippen molar-refractivity contribution in [2.75, 3.05) is 81.2 Å². The number of benzene rings is 3. The molecule has 0 atom stereocenters. The lowest BCUT2D eigenvalue weighted by atomic mass is 10.0. The van der Waals surface area contributed by atoms with E-state index in [4.69, 9.17) is 9.47 Å². The van der Waals surface area contributed by atoms with Crippen LogP contribution in [0.25, 0.3) is 32.9 Å². The van der Waals surface area contributed by atoms with Gasteiger partial charge in [-0.15, -0.1) is 0 Å². The van der Waals surface area contributed by atoms with E-state index in [1.165, 1.54) is 5.69 Å². The normalized spacial score (nSPS) is 16.1. The predicted molar refractivity (Wildman–Crippen MR) is 167 cm³/mol. The average Bonchev–Trinajstić information content (AvgIpc) is 3.06. The minimum atomic E-state index is 0.770. The highest BCUT2D eigenvalue weighted by Crippen LogP contribution is 2.31. The average molecular weight is 563 g/mol. The molecule has 7 rings (SSSR count). The number of hydrogen-bond donors (Lipinski definition) is 2. The first-order valence-electron chi connectivity index (χ1n) is 14.5. The van der Waals surface area contributed by atoms with Gasteiger partial charge < -0.3 is 25.0 Å². The van der Waals surface area contributed by atoms with Gasteiger partial charge in [-0.05, 0) is 59.7 Å². The van der Waals surface area contributed by atoms with E-state index in [1.807, 2.05) is 6.07 Å². The van der Waals surface area contributed by atoms with Gasteiger partial charge in [-0.1, -0.05) is 12.1 Å². The molecule has 0 unspecified atom stereocenters. The van der Waals surface area contributed by atoms with E-state index in [9.17, 15) is 0 Å². The Hall–Kier alpha value is -4.38. The Morgan fingerprint density at radius 3 is 1.90 bits per heavy atom. The maximum atomic E-state index is 5.49. The molecular weight excluding hydrogens is 528 g/mol. The first-order chi connectivity index (χ1) is 20.8. The molecule has 0 radical (unpaired) electrons. The van der Waals surface area contributed by atoms with Gasteiger partial charge in [0.2, 0.25) is 0 Å². The molecular formula is C32H34N8O2. The van der Waals surface area contributed by atoms with Crippen molar-refractivity contribution in [3.05, 3.63) is 73.3 Å². The summed E-state index contributed by atoms with van der Waals surface area (Å²) in [4.78, 5) is 22.9. The molecule has 0 aliphatic carbocycles. The molecule has 0 amide bonds. The van der Waals surface area contributed by atoms with Gasteiger partial charge in [0.15, 0.2) is 0 Å². The molecule has 0 bridgehead atoms. The van der Waals surface area contributed by atoms with Crippen molar-refractivity contribution in [3.63, 3.8) is 0 Å². The van der Waals surface area contributed by atoms with Crippen LogP contribution in [0.5, 0.6) is 0 Å². The van der Waals surface area contributed by atoms with Crippen LogP contribution in [0.4, 0.5) is 23.0 Å². The second-order valence-electron chi connectivity index (χ2n) is 10.6. The summed E-state index contributed by atoms with van der Waals surface area (Å²) in [5, 5.41) is 9.00. The van der Waals surface area contributed by atoms with Gasteiger partial charge in [0.05, 0.1) is 37.5 Å². The van der Waals surface area contributed by atoms with E-state index in [0.717, 1.165) is 116 Å². The summed E-state index contributed by atoms with van der Waals surface area (Å²) < 4.78 is 11.0. The van der Waals surface area contributed by atoms with Gasteiger partial charge >= 0.3 is 0 Å². The monoisotopic (exact) mass is 562 g/mol. The van der Waals surface area contributed by atoms with E-state index >= 15 is 0 Å². The Morgan fingerprint density at radius 1 is 0.643 bits per heavy atom. The number of morpholine rings is 2. The fraction of sp³-hybridized carbons (Fsp3) is 0.312. The minimum absolute atomic E-state index is 0.770. The number of rotatable bonds is 8. The summed E-state index contributed by atoms with van der Waals surface area (Å²) in [6.07, 6.45) is 3.23. The number of ether oxygens (including phenoxy) is 2. The smallest absolute Gasteiger partial charge is 0.141 e. The summed E-state index contributed by atoms with van der Waals surface area (Å²) >= 11 is 0. The molecule has 214 valence electrons. The molecule has 2 fully saturated rings. The van der Waals surface area contributed by atoms with Crippen LogP contribution in [0.1, 0.15) is 0 Å². The van der Waals surface area contributed by atoms with Gasteiger partial charge in [-0.2, -0.15) is 0 Å². The highest BCUT2D eigenvalue weighted by atomic mass is 16.5. The first kappa shape index (κ1) is 26.5. The highest BCUT2D eigenvalue weighted by molar-refractivity contribution is 5.96. The summed E-state index contributed by atoms with van der Waals surface area (Å²) in [5.41, 5.74) is 6.14. The molecule has 2 aliphatic rings. The zero-order chi connectivity index (χ0) is 28.1. The van der Waals surface area contributed by atoms with Gasteiger partial charge in [-0.25, -0.2) is 19.9 Å². The number of fused-ring (bicyclic) bond motifs is 2. The van der Waals surface area contributed by atoms with E-state index in [0.29, 0.717) is 0 Å². The lowest BCUT2D eigenvalue weighted by Crippen LogP contribution is -2.39. The molecule has 0 saturated carbocycles. The third-order valence-corrected chi connectivity index (χ3v) is 7.93. The molecule has 2 aromatic heterocycles. The third-order valence-electron chi connectivity index (χ3n) is 7.93. The van der Waals surface area contributed by atoms with E-state index in [2.05, 4.69) is 95.0 Å². The van der Waals surface area contributed by atoms with Gasteiger partial charge in [0.25, 0.3) is 0 Å². The molecule has 10 heteroatoms. The first-order valence-corrected chi connectivity index (χ1v) is 14.5.